The van der Waals surface area contributed by atoms with Crippen LogP contribution in [-0.2, 0) is 6.42 Å². The summed E-state index contributed by atoms with van der Waals surface area (Å²) in [6, 6.07) is 5.33. The van der Waals surface area contributed by atoms with Crippen molar-refractivity contribution in [3.8, 4) is 0 Å². The molecule has 0 saturated carbocycles. The average molecular weight is 232 g/mol. The predicted octanol–water partition coefficient (Wildman–Crippen LogP) is 3.68. The third kappa shape index (κ3) is 2.09. The molecule has 2 nitrogen and oxygen atoms in total. The van der Waals surface area contributed by atoms with Crippen LogP contribution in [0.4, 0.5) is 10.2 Å². The van der Waals surface area contributed by atoms with Crippen molar-refractivity contribution in [2.75, 3.05) is 12.4 Å². The van der Waals surface area contributed by atoms with Gasteiger partial charge in [-0.25, -0.2) is 9.37 Å². The number of nitrogens with zero attached hydrogens (tertiary/aromatic N) is 1. The van der Waals surface area contributed by atoms with Crippen LogP contribution in [0.1, 0.15) is 24.5 Å². The van der Waals surface area contributed by atoms with E-state index in [1.165, 1.54) is 6.07 Å². The zero-order chi connectivity index (χ0) is 12.4. The molecule has 1 aromatic heterocycles. The Balaban J connectivity index is 2.73. The molecule has 0 aliphatic carbocycles. The van der Waals surface area contributed by atoms with Gasteiger partial charge in [0.05, 0.1) is 0 Å². The Morgan fingerprint density at radius 2 is 2.12 bits per heavy atom. The summed E-state index contributed by atoms with van der Waals surface area (Å²) in [5.41, 5.74) is 2.67. The van der Waals surface area contributed by atoms with E-state index >= 15 is 0 Å². The van der Waals surface area contributed by atoms with Gasteiger partial charge in [-0.1, -0.05) is 19.4 Å². The van der Waals surface area contributed by atoms with Crippen molar-refractivity contribution in [3.63, 3.8) is 0 Å². The van der Waals surface area contributed by atoms with Crippen molar-refractivity contribution in [2.45, 2.75) is 26.7 Å². The number of aromatic nitrogens is 1. The second-order valence-electron chi connectivity index (χ2n) is 4.26. The highest BCUT2D eigenvalue weighted by Crippen LogP contribution is 2.25. The number of anilines is 1. The minimum atomic E-state index is -0.259. The number of benzene rings is 1. The Hall–Kier alpha value is -1.64. The molecule has 1 N–H and O–H groups in total. The number of rotatable bonds is 3. The Morgan fingerprint density at radius 3 is 2.76 bits per heavy atom. The van der Waals surface area contributed by atoms with E-state index in [4.69, 9.17) is 0 Å². The van der Waals surface area contributed by atoms with Crippen LogP contribution in [0.25, 0.3) is 10.9 Å². The Kier molecular flexibility index (Phi) is 3.27. The second kappa shape index (κ2) is 4.70. The van der Waals surface area contributed by atoms with Gasteiger partial charge in [0.25, 0.3) is 0 Å². The van der Waals surface area contributed by atoms with Crippen molar-refractivity contribution < 1.29 is 4.39 Å². The van der Waals surface area contributed by atoms with Crippen LogP contribution in [-0.4, -0.2) is 12.0 Å². The van der Waals surface area contributed by atoms with Crippen LogP contribution in [0.2, 0.25) is 0 Å². The monoisotopic (exact) mass is 232 g/mol. The maximum absolute atomic E-state index is 13.7. The molecule has 0 saturated heterocycles. The number of aryl methyl sites for hydroxylation is 2. The summed E-state index contributed by atoms with van der Waals surface area (Å²) >= 11 is 0. The van der Waals surface area contributed by atoms with Gasteiger partial charge in [0, 0.05) is 12.4 Å². The normalized spacial score (nSPS) is 10.8. The maximum Gasteiger partial charge on any atom is 0.149 e. The number of pyridine rings is 1. The molecule has 90 valence electrons. The van der Waals surface area contributed by atoms with Crippen molar-refractivity contribution in [3.05, 3.63) is 35.1 Å². The fourth-order valence-corrected chi connectivity index (χ4v) is 2.08. The van der Waals surface area contributed by atoms with Crippen LogP contribution in [0.5, 0.6) is 0 Å². The SMILES string of the molecule is CCCc1cc2c(C)ccc(F)c2nc1NC. The smallest absolute Gasteiger partial charge is 0.149 e. The molecule has 17 heavy (non-hydrogen) atoms. The van der Waals surface area contributed by atoms with Crippen LogP contribution < -0.4 is 5.32 Å². The molecule has 1 heterocycles. The van der Waals surface area contributed by atoms with Gasteiger partial charge in [0.2, 0.25) is 0 Å². The van der Waals surface area contributed by atoms with E-state index in [9.17, 15) is 4.39 Å². The van der Waals surface area contributed by atoms with E-state index in [2.05, 4.69) is 23.3 Å². The standard InChI is InChI=1S/C14H17FN2/c1-4-5-10-8-11-9(2)6-7-12(15)13(11)17-14(10)16-3/h6-8H,4-5H2,1-3H3,(H,16,17). The van der Waals surface area contributed by atoms with E-state index < -0.39 is 0 Å². The van der Waals surface area contributed by atoms with Crippen molar-refractivity contribution in [2.24, 2.45) is 0 Å². The fourth-order valence-electron chi connectivity index (χ4n) is 2.08. The number of nitrogens with one attached hydrogen (secondary N) is 1. The minimum Gasteiger partial charge on any atom is -0.373 e. The van der Waals surface area contributed by atoms with Gasteiger partial charge in [-0.3, -0.25) is 0 Å². The van der Waals surface area contributed by atoms with E-state index in [1.807, 2.05) is 14.0 Å². The average Bonchev–Trinajstić information content (AvgIpc) is 2.34. The summed E-state index contributed by atoms with van der Waals surface area (Å²) in [6.45, 7) is 4.11. The highest BCUT2D eigenvalue weighted by atomic mass is 19.1. The van der Waals surface area contributed by atoms with Crippen LogP contribution in [0.15, 0.2) is 18.2 Å². The lowest BCUT2D eigenvalue weighted by atomic mass is 10.0. The molecule has 2 rings (SSSR count). The molecule has 0 atom stereocenters. The van der Waals surface area contributed by atoms with E-state index in [0.29, 0.717) is 5.52 Å². The minimum absolute atomic E-state index is 0.259. The van der Waals surface area contributed by atoms with Gasteiger partial charge in [-0.2, -0.15) is 0 Å². The zero-order valence-corrected chi connectivity index (χ0v) is 10.5. The van der Waals surface area contributed by atoms with Crippen molar-refractivity contribution >= 4 is 16.7 Å². The number of hydrogen-bond donors (Lipinski definition) is 1. The summed E-state index contributed by atoms with van der Waals surface area (Å²) in [5, 5.41) is 3.95. The van der Waals surface area contributed by atoms with E-state index in [0.717, 1.165) is 35.2 Å². The second-order valence-corrected chi connectivity index (χ2v) is 4.26. The first-order valence-electron chi connectivity index (χ1n) is 5.93. The van der Waals surface area contributed by atoms with Gasteiger partial charge in [0.15, 0.2) is 0 Å². The van der Waals surface area contributed by atoms with E-state index in [1.54, 1.807) is 6.07 Å². The molecular weight excluding hydrogens is 215 g/mol. The lowest BCUT2D eigenvalue weighted by molar-refractivity contribution is 0.636. The van der Waals surface area contributed by atoms with Gasteiger partial charge in [-0.05, 0) is 36.6 Å². The molecule has 0 aliphatic heterocycles. The first kappa shape index (κ1) is 11.8. The molecule has 1 aromatic carbocycles. The molecule has 2 aromatic rings. The van der Waals surface area contributed by atoms with Crippen LogP contribution in [0, 0.1) is 12.7 Å². The molecule has 0 spiro atoms. The summed E-state index contributed by atoms with van der Waals surface area (Å²) in [5.74, 6) is 0.522. The first-order chi connectivity index (χ1) is 8.17. The molecule has 0 amide bonds. The summed E-state index contributed by atoms with van der Waals surface area (Å²) in [4.78, 5) is 4.39. The third-order valence-electron chi connectivity index (χ3n) is 2.99. The van der Waals surface area contributed by atoms with Crippen molar-refractivity contribution in [1.29, 1.82) is 0 Å². The molecule has 0 aliphatic rings. The maximum atomic E-state index is 13.7. The number of hydrogen-bond acceptors (Lipinski definition) is 2. The van der Waals surface area contributed by atoms with Crippen molar-refractivity contribution in [1.82, 2.24) is 4.98 Å². The van der Waals surface area contributed by atoms with Gasteiger partial charge in [0.1, 0.15) is 17.2 Å². The number of halogens is 1. The van der Waals surface area contributed by atoms with Gasteiger partial charge < -0.3 is 5.32 Å². The highest BCUT2D eigenvalue weighted by molar-refractivity contribution is 5.85. The Labute approximate surface area is 101 Å². The molecule has 0 radical (unpaired) electrons. The molecule has 0 bridgehead atoms. The topological polar surface area (TPSA) is 24.9 Å². The van der Waals surface area contributed by atoms with Crippen LogP contribution >= 0.6 is 0 Å². The fraction of sp³-hybridized carbons (Fsp3) is 0.357. The van der Waals surface area contributed by atoms with Gasteiger partial charge >= 0.3 is 0 Å². The Bertz CT molecular complexity index is 549. The quantitative estimate of drug-likeness (QED) is 0.873. The number of fused-ring (bicyclic) bond motifs is 1. The molecule has 0 unspecified atom stereocenters. The summed E-state index contributed by atoms with van der Waals surface area (Å²) < 4.78 is 13.7. The summed E-state index contributed by atoms with van der Waals surface area (Å²) in [6.07, 6.45) is 2.01. The zero-order valence-electron chi connectivity index (χ0n) is 10.5. The van der Waals surface area contributed by atoms with Gasteiger partial charge in [-0.15, -0.1) is 0 Å². The Morgan fingerprint density at radius 1 is 1.35 bits per heavy atom. The molecule has 3 heteroatoms. The van der Waals surface area contributed by atoms with E-state index in [-0.39, 0.29) is 5.82 Å². The molecular formula is C14H17FN2. The predicted molar refractivity (Wildman–Crippen MR) is 70.0 cm³/mol. The lowest BCUT2D eigenvalue weighted by Gasteiger charge is -2.11. The van der Waals surface area contributed by atoms with Crippen LogP contribution in [0.3, 0.4) is 0 Å². The largest absolute Gasteiger partial charge is 0.373 e. The third-order valence-corrected chi connectivity index (χ3v) is 2.99. The first-order valence-corrected chi connectivity index (χ1v) is 5.93. The molecule has 0 fully saturated rings. The summed E-state index contributed by atoms with van der Waals surface area (Å²) in [7, 11) is 1.82. The highest BCUT2D eigenvalue weighted by Gasteiger charge is 2.10. The lowest BCUT2D eigenvalue weighted by Crippen LogP contribution is -2.01.